The van der Waals surface area contributed by atoms with Crippen LogP contribution in [-0.2, 0) is 6.42 Å². The Bertz CT molecular complexity index is 471. The van der Waals surface area contributed by atoms with Crippen LogP contribution in [0, 0.1) is 0 Å². The Labute approximate surface area is 102 Å². The molecular weight excluding hydrogens is 212 g/mol. The van der Waals surface area contributed by atoms with E-state index in [1.807, 2.05) is 0 Å². The lowest BCUT2D eigenvalue weighted by Gasteiger charge is -2.05. The molecule has 0 aliphatic heterocycles. The van der Waals surface area contributed by atoms with Crippen molar-refractivity contribution < 1.29 is 4.42 Å². The second-order valence-corrected chi connectivity index (χ2v) is 4.45. The molecular formula is C14H18N2O. The van der Waals surface area contributed by atoms with E-state index in [0.717, 1.165) is 12.2 Å². The van der Waals surface area contributed by atoms with Gasteiger partial charge in [-0.1, -0.05) is 38.1 Å². The predicted molar refractivity (Wildman–Crippen MR) is 69.4 cm³/mol. The first-order valence-corrected chi connectivity index (χ1v) is 5.90. The van der Waals surface area contributed by atoms with Crippen molar-refractivity contribution in [2.45, 2.75) is 26.2 Å². The van der Waals surface area contributed by atoms with Gasteiger partial charge in [-0.3, -0.25) is 0 Å². The molecule has 3 nitrogen and oxygen atoms in total. The first kappa shape index (κ1) is 11.7. The molecule has 1 heterocycles. The van der Waals surface area contributed by atoms with E-state index in [1.165, 1.54) is 11.1 Å². The summed E-state index contributed by atoms with van der Waals surface area (Å²) in [5, 5.41) is 2.88. The van der Waals surface area contributed by atoms with Gasteiger partial charge in [0.2, 0.25) is 0 Å². The van der Waals surface area contributed by atoms with Gasteiger partial charge in [0.05, 0.1) is 6.20 Å². The fourth-order valence-corrected chi connectivity index (χ4v) is 1.73. The number of anilines is 1. The van der Waals surface area contributed by atoms with Gasteiger partial charge in [-0.15, -0.1) is 0 Å². The molecule has 2 aromatic rings. The molecule has 17 heavy (non-hydrogen) atoms. The highest BCUT2D eigenvalue weighted by atomic mass is 16.4. The molecule has 0 atom stereocenters. The van der Waals surface area contributed by atoms with Crippen LogP contribution in [0.5, 0.6) is 0 Å². The summed E-state index contributed by atoms with van der Waals surface area (Å²) in [6.07, 6.45) is 2.55. The fraction of sp³-hybridized carbons (Fsp3) is 0.357. The lowest BCUT2D eigenvalue weighted by Crippen LogP contribution is -1.90. The molecule has 0 fully saturated rings. The number of hydrogen-bond acceptors (Lipinski definition) is 3. The van der Waals surface area contributed by atoms with Crippen molar-refractivity contribution in [1.82, 2.24) is 4.98 Å². The van der Waals surface area contributed by atoms with E-state index in [9.17, 15) is 0 Å². The Morgan fingerprint density at radius 2 is 1.94 bits per heavy atom. The minimum Gasteiger partial charge on any atom is -0.428 e. The zero-order valence-electron chi connectivity index (χ0n) is 10.5. The third kappa shape index (κ3) is 2.87. The van der Waals surface area contributed by atoms with Gasteiger partial charge >= 0.3 is 0 Å². The molecule has 90 valence electrons. The molecule has 1 aromatic heterocycles. The molecule has 0 aliphatic rings. The third-order valence-corrected chi connectivity index (χ3v) is 2.79. The van der Waals surface area contributed by atoms with Gasteiger partial charge in [0.1, 0.15) is 5.76 Å². The van der Waals surface area contributed by atoms with E-state index < -0.39 is 0 Å². The standard InChI is InChI=1S/C14H18N2O/c1-10(2)12-6-4-11(5-7-12)8-13-9-16-14(15-3)17-13/h4-7,9-10H,8H2,1-3H3,(H,15,16). The minimum atomic E-state index is 0.568. The second-order valence-electron chi connectivity index (χ2n) is 4.45. The number of nitrogens with zero attached hydrogens (tertiary/aromatic N) is 1. The first-order valence-electron chi connectivity index (χ1n) is 5.90. The van der Waals surface area contributed by atoms with Crippen molar-refractivity contribution in [3.63, 3.8) is 0 Å². The number of rotatable bonds is 4. The quantitative estimate of drug-likeness (QED) is 0.874. The molecule has 1 aromatic carbocycles. The highest BCUT2D eigenvalue weighted by Gasteiger charge is 2.04. The predicted octanol–water partition coefficient (Wildman–Crippen LogP) is 3.43. The molecule has 0 saturated carbocycles. The van der Waals surface area contributed by atoms with E-state index in [2.05, 4.69) is 48.4 Å². The zero-order chi connectivity index (χ0) is 12.3. The Balaban J connectivity index is 2.08. The molecule has 0 spiro atoms. The van der Waals surface area contributed by atoms with Crippen LogP contribution in [-0.4, -0.2) is 12.0 Å². The second kappa shape index (κ2) is 5.04. The van der Waals surface area contributed by atoms with Crippen LogP contribution in [0.4, 0.5) is 6.01 Å². The topological polar surface area (TPSA) is 38.1 Å². The van der Waals surface area contributed by atoms with Crippen molar-refractivity contribution in [2.24, 2.45) is 0 Å². The van der Waals surface area contributed by atoms with Gasteiger partial charge in [-0.2, -0.15) is 0 Å². The van der Waals surface area contributed by atoms with Crippen LogP contribution >= 0.6 is 0 Å². The summed E-state index contributed by atoms with van der Waals surface area (Å²) in [7, 11) is 1.80. The van der Waals surface area contributed by atoms with Gasteiger partial charge in [-0.05, 0) is 17.0 Å². The van der Waals surface area contributed by atoms with Crippen molar-refractivity contribution in [3.05, 3.63) is 47.3 Å². The van der Waals surface area contributed by atoms with Gasteiger partial charge in [0.15, 0.2) is 0 Å². The molecule has 2 rings (SSSR count). The van der Waals surface area contributed by atoms with E-state index in [1.54, 1.807) is 13.2 Å². The smallest absolute Gasteiger partial charge is 0.294 e. The van der Waals surface area contributed by atoms with Crippen LogP contribution < -0.4 is 5.32 Å². The number of hydrogen-bond donors (Lipinski definition) is 1. The highest BCUT2D eigenvalue weighted by molar-refractivity contribution is 5.28. The van der Waals surface area contributed by atoms with Crippen molar-refractivity contribution in [3.8, 4) is 0 Å². The largest absolute Gasteiger partial charge is 0.428 e. The molecule has 0 radical (unpaired) electrons. The Morgan fingerprint density at radius 3 is 2.47 bits per heavy atom. The maximum absolute atomic E-state index is 5.49. The fourth-order valence-electron chi connectivity index (χ4n) is 1.73. The van der Waals surface area contributed by atoms with E-state index in [0.29, 0.717) is 11.9 Å². The van der Waals surface area contributed by atoms with Gasteiger partial charge in [-0.25, -0.2) is 4.98 Å². The van der Waals surface area contributed by atoms with Crippen molar-refractivity contribution >= 4 is 6.01 Å². The van der Waals surface area contributed by atoms with Gasteiger partial charge in [0.25, 0.3) is 6.01 Å². The summed E-state index contributed by atoms with van der Waals surface area (Å²) in [5.41, 5.74) is 2.61. The molecule has 0 aliphatic carbocycles. The number of aromatic nitrogens is 1. The summed E-state index contributed by atoms with van der Waals surface area (Å²) in [6.45, 7) is 4.40. The van der Waals surface area contributed by atoms with Crippen LogP contribution in [0.15, 0.2) is 34.9 Å². The van der Waals surface area contributed by atoms with Crippen molar-refractivity contribution in [2.75, 3.05) is 12.4 Å². The normalized spacial score (nSPS) is 10.8. The molecule has 0 bridgehead atoms. The molecule has 0 unspecified atom stereocenters. The molecule has 1 N–H and O–H groups in total. The summed E-state index contributed by atoms with van der Waals surface area (Å²) in [5.74, 6) is 1.46. The monoisotopic (exact) mass is 230 g/mol. The maximum Gasteiger partial charge on any atom is 0.294 e. The summed E-state index contributed by atoms with van der Waals surface area (Å²) in [6, 6.07) is 9.22. The average molecular weight is 230 g/mol. The van der Waals surface area contributed by atoms with E-state index >= 15 is 0 Å². The Hall–Kier alpha value is -1.77. The lowest BCUT2D eigenvalue weighted by atomic mass is 10.0. The SMILES string of the molecule is CNc1ncc(Cc2ccc(C(C)C)cc2)o1. The Morgan fingerprint density at radius 1 is 1.24 bits per heavy atom. The zero-order valence-corrected chi connectivity index (χ0v) is 10.5. The Kier molecular flexibility index (Phi) is 3.47. The summed E-state index contributed by atoms with van der Waals surface area (Å²) >= 11 is 0. The van der Waals surface area contributed by atoms with E-state index in [4.69, 9.17) is 4.42 Å². The first-order chi connectivity index (χ1) is 8.19. The number of nitrogens with one attached hydrogen (secondary N) is 1. The van der Waals surface area contributed by atoms with Crippen LogP contribution in [0.25, 0.3) is 0 Å². The molecule has 0 amide bonds. The van der Waals surface area contributed by atoms with Crippen molar-refractivity contribution in [1.29, 1.82) is 0 Å². The van der Waals surface area contributed by atoms with E-state index in [-0.39, 0.29) is 0 Å². The van der Waals surface area contributed by atoms with Crippen LogP contribution in [0.1, 0.15) is 36.7 Å². The van der Waals surface area contributed by atoms with Crippen LogP contribution in [0.2, 0.25) is 0 Å². The van der Waals surface area contributed by atoms with Crippen LogP contribution in [0.3, 0.4) is 0 Å². The minimum absolute atomic E-state index is 0.568. The molecule has 3 heteroatoms. The number of oxazole rings is 1. The third-order valence-electron chi connectivity index (χ3n) is 2.79. The summed E-state index contributed by atoms with van der Waals surface area (Å²) in [4.78, 5) is 4.10. The van der Waals surface area contributed by atoms with Gasteiger partial charge in [0, 0.05) is 13.5 Å². The summed E-state index contributed by atoms with van der Waals surface area (Å²) < 4.78 is 5.49. The number of benzene rings is 1. The maximum atomic E-state index is 5.49. The highest BCUT2D eigenvalue weighted by Crippen LogP contribution is 2.17. The van der Waals surface area contributed by atoms with Gasteiger partial charge < -0.3 is 9.73 Å². The lowest BCUT2D eigenvalue weighted by molar-refractivity contribution is 0.530. The molecule has 0 saturated heterocycles. The average Bonchev–Trinajstić information content (AvgIpc) is 2.77.